The first kappa shape index (κ1) is 13.4. The minimum Gasteiger partial charge on any atom is -0.378 e. The van der Waals surface area contributed by atoms with Gasteiger partial charge in [-0.2, -0.15) is 5.26 Å². The molecule has 1 N–H and O–H groups in total. The molecule has 0 heterocycles. The summed E-state index contributed by atoms with van der Waals surface area (Å²) < 4.78 is 5.96. The summed E-state index contributed by atoms with van der Waals surface area (Å²) in [5.41, 5.74) is 0.401. The van der Waals surface area contributed by atoms with Crippen molar-refractivity contribution in [2.45, 2.75) is 76.5 Å². The van der Waals surface area contributed by atoms with Crippen LogP contribution in [0.2, 0.25) is 0 Å². The van der Waals surface area contributed by atoms with E-state index in [0.717, 1.165) is 19.4 Å². The van der Waals surface area contributed by atoms with Crippen LogP contribution in [0.5, 0.6) is 0 Å². The average Bonchev–Trinajstić information content (AvgIpc) is 3.07. The van der Waals surface area contributed by atoms with Crippen molar-refractivity contribution in [2.24, 2.45) is 11.3 Å². The largest absolute Gasteiger partial charge is 0.378 e. The smallest absolute Gasteiger partial charge is 0.0672 e. The predicted octanol–water partition coefficient (Wildman–Crippen LogP) is 3.01. The molecule has 0 saturated heterocycles. The SMILES string of the molecule is CCOC1CC(NC2CCCC2C#N)C12CCCC2. The molecule has 0 aromatic carbocycles. The van der Waals surface area contributed by atoms with Gasteiger partial charge in [-0.1, -0.05) is 19.3 Å². The molecule has 0 radical (unpaired) electrons. The van der Waals surface area contributed by atoms with Crippen LogP contribution in [0.3, 0.4) is 0 Å². The predicted molar refractivity (Wildman–Crippen MR) is 74.6 cm³/mol. The number of nitriles is 1. The summed E-state index contributed by atoms with van der Waals surface area (Å²) in [6.45, 7) is 2.94. The zero-order valence-corrected chi connectivity index (χ0v) is 12.0. The van der Waals surface area contributed by atoms with Gasteiger partial charge in [0.25, 0.3) is 0 Å². The molecule has 4 atom stereocenters. The molecule has 3 rings (SSSR count). The van der Waals surface area contributed by atoms with Gasteiger partial charge >= 0.3 is 0 Å². The van der Waals surface area contributed by atoms with E-state index in [9.17, 15) is 5.26 Å². The van der Waals surface area contributed by atoms with Crippen LogP contribution in [-0.4, -0.2) is 24.8 Å². The Labute approximate surface area is 116 Å². The lowest BCUT2D eigenvalue weighted by Crippen LogP contribution is -2.64. The van der Waals surface area contributed by atoms with E-state index < -0.39 is 0 Å². The molecule has 0 amide bonds. The highest BCUT2D eigenvalue weighted by Crippen LogP contribution is 2.55. The molecule has 0 bridgehead atoms. The fourth-order valence-electron chi connectivity index (χ4n) is 4.69. The number of rotatable bonds is 4. The van der Waals surface area contributed by atoms with Crippen molar-refractivity contribution in [1.82, 2.24) is 5.32 Å². The second-order valence-electron chi connectivity index (χ2n) is 6.61. The Bertz CT molecular complexity index is 356. The number of nitrogens with one attached hydrogen (secondary N) is 1. The maximum Gasteiger partial charge on any atom is 0.0672 e. The van der Waals surface area contributed by atoms with Gasteiger partial charge in [-0.15, -0.1) is 0 Å². The normalized spacial score (nSPS) is 40.2. The molecule has 0 aromatic heterocycles. The first-order valence-electron chi connectivity index (χ1n) is 8.07. The van der Waals surface area contributed by atoms with Crippen LogP contribution in [0.15, 0.2) is 0 Å². The topological polar surface area (TPSA) is 45.0 Å². The molecule has 3 aliphatic carbocycles. The Kier molecular flexibility index (Phi) is 3.82. The summed E-state index contributed by atoms with van der Waals surface area (Å²) in [4.78, 5) is 0. The standard InChI is InChI=1S/C16H26N2O/c1-2-19-15-10-14(16(15)8-3-4-9-16)18-13-7-5-6-12(13)11-17/h12-15,18H,2-10H2,1H3. The summed E-state index contributed by atoms with van der Waals surface area (Å²) in [7, 11) is 0. The van der Waals surface area contributed by atoms with E-state index in [4.69, 9.17) is 4.74 Å². The zero-order valence-electron chi connectivity index (χ0n) is 12.0. The van der Waals surface area contributed by atoms with Gasteiger partial charge in [0, 0.05) is 24.1 Å². The summed E-state index contributed by atoms with van der Waals surface area (Å²) in [6.07, 6.45) is 10.5. The minimum atomic E-state index is 0.240. The first-order chi connectivity index (χ1) is 9.30. The minimum absolute atomic E-state index is 0.240. The maximum absolute atomic E-state index is 9.22. The Morgan fingerprint density at radius 2 is 2.05 bits per heavy atom. The highest BCUT2D eigenvalue weighted by molar-refractivity contribution is 5.12. The molecule has 0 aromatic rings. The van der Waals surface area contributed by atoms with Crippen LogP contribution in [-0.2, 0) is 4.74 Å². The quantitative estimate of drug-likeness (QED) is 0.847. The van der Waals surface area contributed by atoms with Crippen molar-refractivity contribution in [1.29, 1.82) is 5.26 Å². The molecule has 3 saturated carbocycles. The van der Waals surface area contributed by atoms with Crippen LogP contribution >= 0.6 is 0 Å². The zero-order chi connectivity index (χ0) is 13.3. The van der Waals surface area contributed by atoms with Gasteiger partial charge in [-0.05, 0) is 39.0 Å². The monoisotopic (exact) mass is 262 g/mol. The molecule has 0 aliphatic heterocycles. The van der Waals surface area contributed by atoms with Crippen LogP contribution in [0, 0.1) is 22.7 Å². The molecule has 3 fully saturated rings. The molecule has 3 nitrogen and oxygen atoms in total. The van der Waals surface area contributed by atoms with Gasteiger partial charge in [0.15, 0.2) is 0 Å². The van der Waals surface area contributed by atoms with Gasteiger partial charge in [-0.3, -0.25) is 0 Å². The first-order valence-corrected chi connectivity index (χ1v) is 8.07. The van der Waals surface area contributed by atoms with Gasteiger partial charge in [0.2, 0.25) is 0 Å². The number of hydrogen-bond donors (Lipinski definition) is 1. The van der Waals surface area contributed by atoms with Crippen LogP contribution in [0.25, 0.3) is 0 Å². The third-order valence-corrected chi connectivity index (χ3v) is 5.78. The van der Waals surface area contributed by atoms with E-state index in [1.165, 1.54) is 38.5 Å². The fraction of sp³-hybridized carbons (Fsp3) is 0.938. The average molecular weight is 262 g/mol. The third-order valence-electron chi connectivity index (χ3n) is 5.78. The van der Waals surface area contributed by atoms with Crippen molar-refractivity contribution in [2.75, 3.05) is 6.61 Å². The van der Waals surface area contributed by atoms with Crippen molar-refractivity contribution >= 4 is 0 Å². The van der Waals surface area contributed by atoms with Crippen molar-refractivity contribution in [3.63, 3.8) is 0 Å². The Hall–Kier alpha value is -0.590. The van der Waals surface area contributed by atoms with E-state index in [1.807, 2.05) is 0 Å². The third kappa shape index (κ3) is 2.19. The maximum atomic E-state index is 9.22. The molecule has 3 aliphatic rings. The summed E-state index contributed by atoms with van der Waals surface area (Å²) in [5, 5.41) is 13.1. The Morgan fingerprint density at radius 3 is 2.74 bits per heavy atom. The van der Waals surface area contributed by atoms with Crippen molar-refractivity contribution in [3.8, 4) is 6.07 Å². The number of nitrogens with zero attached hydrogens (tertiary/aromatic N) is 1. The van der Waals surface area contributed by atoms with E-state index in [2.05, 4.69) is 18.3 Å². The summed E-state index contributed by atoms with van der Waals surface area (Å²) in [5.74, 6) is 0.240. The van der Waals surface area contributed by atoms with Crippen LogP contribution in [0.1, 0.15) is 58.3 Å². The highest BCUT2D eigenvalue weighted by atomic mass is 16.5. The molecule has 4 unspecified atom stereocenters. The lowest BCUT2D eigenvalue weighted by atomic mass is 9.60. The fourth-order valence-corrected chi connectivity index (χ4v) is 4.69. The second-order valence-corrected chi connectivity index (χ2v) is 6.61. The van der Waals surface area contributed by atoms with E-state index in [0.29, 0.717) is 23.6 Å². The molecular weight excluding hydrogens is 236 g/mol. The van der Waals surface area contributed by atoms with Crippen molar-refractivity contribution in [3.05, 3.63) is 0 Å². The molecule has 3 heteroatoms. The van der Waals surface area contributed by atoms with Crippen molar-refractivity contribution < 1.29 is 4.74 Å². The molecular formula is C16H26N2O. The molecule has 19 heavy (non-hydrogen) atoms. The Morgan fingerprint density at radius 1 is 1.26 bits per heavy atom. The van der Waals surface area contributed by atoms with Gasteiger partial charge in [0.1, 0.15) is 0 Å². The molecule has 1 spiro atoms. The van der Waals surface area contributed by atoms with E-state index in [1.54, 1.807) is 0 Å². The molecule has 106 valence electrons. The van der Waals surface area contributed by atoms with E-state index >= 15 is 0 Å². The highest BCUT2D eigenvalue weighted by Gasteiger charge is 2.57. The van der Waals surface area contributed by atoms with Gasteiger partial charge in [-0.25, -0.2) is 0 Å². The number of ether oxygens (including phenoxy) is 1. The Balaban J connectivity index is 1.64. The lowest BCUT2D eigenvalue weighted by Gasteiger charge is -2.55. The van der Waals surface area contributed by atoms with E-state index in [-0.39, 0.29) is 5.92 Å². The summed E-state index contributed by atoms with van der Waals surface area (Å²) in [6, 6.07) is 3.53. The second kappa shape index (κ2) is 5.42. The summed E-state index contributed by atoms with van der Waals surface area (Å²) >= 11 is 0. The number of hydrogen-bond acceptors (Lipinski definition) is 3. The van der Waals surface area contributed by atoms with Gasteiger partial charge in [0.05, 0.1) is 18.1 Å². The van der Waals surface area contributed by atoms with Crippen LogP contribution in [0.4, 0.5) is 0 Å². The van der Waals surface area contributed by atoms with Crippen LogP contribution < -0.4 is 5.32 Å². The lowest BCUT2D eigenvalue weighted by molar-refractivity contribution is -0.133. The van der Waals surface area contributed by atoms with Gasteiger partial charge < -0.3 is 10.1 Å².